The molecule has 0 fully saturated rings. The third-order valence-corrected chi connectivity index (χ3v) is 2.66. The van der Waals surface area contributed by atoms with Gasteiger partial charge in [-0.1, -0.05) is 0 Å². The van der Waals surface area contributed by atoms with E-state index in [-0.39, 0.29) is 6.54 Å². The second-order valence-corrected chi connectivity index (χ2v) is 3.94. The van der Waals surface area contributed by atoms with E-state index >= 15 is 0 Å². The molecule has 0 N–H and O–H groups in total. The molecule has 0 atom stereocenters. The molecule has 9 heteroatoms. The molecular weight excluding hydrogens is 290 g/mol. The number of hydrogen-bond donors (Lipinski definition) is 0. The number of rotatable bonds is 5. The van der Waals surface area contributed by atoms with Crippen molar-refractivity contribution in [3.8, 4) is 0 Å². The van der Waals surface area contributed by atoms with E-state index in [0.29, 0.717) is 12.1 Å². The maximum Gasteiger partial charge on any atom is 0.325 e. The van der Waals surface area contributed by atoms with Crippen molar-refractivity contribution >= 4 is 17.6 Å². The van der Waals surface area contributed by atoms with E-state index in [1.807, 2.05) is 0 Å². The second kappa shape index (κ2) is 6.73. The lowest BCUT2D eigenvalue weighted by Crippen LogP contribution is -2.36. The minimum atomic E-state index is -1.45. The zero-order valence-corrected chi connectivity index (χ0v) is 11.3. The first-order valence-corrected chi connectivity index (χ1v) is 5.81. The van der Waals surface area contributed by atoms with Crippen molar-refractivity contribution in [2.24, 2.45) is 0 Å². The summed E-state index contributed by atoms with van der Waals surface area (Å²) in [5.41, 5.74) is -1.96. The van der Waals surface area contributed by atoms with Crippen molar-refractivity contribution in [3.63, 3.8) is 0 Å². The topological polar surface area (TPSA) is 89.8 Å². The summed E-state index contributed by atoms with van der Waals surface area (Å²) in [5.74, 6) is -4.37. The van der Waals surface area contributed by atoms with Gasteiger partial charge >= 0.3 is 11.7 Å². The highest BCUT2D eigenvalue weighted by atomic mass is 19.1. The van der Waals surface area contributed by atoms with Crippen LogP contribution in [0.5, 0.6) is 0 Å². The van der Waals surface area contributed by atoms with E-state index in [9.17, 15) is 28.5 Å². The highest BCUT2D eigenvalue weighted by molar-refractivity contribution is 5.96. The van der Waals surface area contributed by atoms with Gasteiger partial charge < -0.3 is 9.64 Å². The molecule has 114 valence electrons. The van der Waals surface area contributed by atoms with Gasteiger partial charge in [0.1, 0.15) is 12.4 Å². The number of ether oxygens (including phenoxy) is 1. The summed E-state index contributed by atoms with van der Waals surface area (Å²) in [7, 11) is 1.11. The van der Waals surface area contributed by atoms with Gasteiger partial charge in [0.15, 0.2) is 0 Å². The van der Waals surface area contributed by atoms with Gasteiger partial charge in [-0.2, -0.15) is 4.39 Å². The summed E-state index contributed by atoms with van der Waals surface area (Å²) >= 11 is 0. The number of nitro groups is 1. The van der Waals surface area contributed by atoms with Crippen molar-refractivity contribution in [2.75, 3.05) is 20.2 Å². The van der Waals surface area contributed by atoms with E-state index in [4.69, 9.17) is 0 Å². The van der Waals surface area contributed by atoms with Crippen molar-refractivity contribution in [1.29, 1.82) is 0 Å². The monoisotopic (exact) mass is 302 g/mol. The Kier molecular flexibility index (Phi) is 5.28. The third-order valence-electron chi connectivity index (χ3n) is 2.66. The molecule has 1 rings (SSSR count). The van der Waals surface area contributed by atoms with Crippen LogP contribution < -0.4 is 0 Å². The molecular formula is C12H12F2N2O5. The van der Waals surface area contributed by atoms with Gasteiger partial charge in [0, 0.05) is 6.54 Å². The number of carbonyl (C=O) groups is 2. The van der Waals surface area contributed by atoms with Crippen LogP contribution in [-0.4, -0.2) is 41.9 Å². The smallest absolute Gasteiger partial charge is 0.325 e. The number of benzene rings is 1. The predicted octanol–water partition coefficient (Wildman–Crippen LogP) is 1.51. The summed E-state index contributed by atoms with van der Waals surface area (Å²) < 4.78 is 31.6. The predicted molar refractivity (Wildman–Crippen MR) is 66.6 cm³/mol. The molecule has 0 heterocycles. The summed E-state index contributed by atoms with van der Waals surface area (Å²) in [4.78, 5) is 33.6. The molecule has 1 aromatic rings. The first-order valence-electron chi connectivity index (χ1n) is 5.81. The molecule has 7 nitrogen and oxygen atoms in total. The van der Waals surface area contributed by atoms with E-state index in [0.717, 1.165) is 12.0 Å². The minimum absolute atomic E-state index is 0.0116. The Morgan fingerprint density at radius 3 is 2.48 bits per heavy atom. The SMILES string of the molecule is CCN(CC(=O)OC)C(=O)c1cc(F)cc([N+](=O)[O-])c1F. The van der Waals surface area contributed by atoms with Crippen LogP contribution in [0.25, 0.3) is 0 Å². The van der Waals surface area contributed by atoms with Crippen LogP contribution in [0, 0.1) is 21.7 Å². The Morgan fingerprint density at radius 1 is 1.38 bits per heavy atom. The number of esters is 1. The molecule has 1 aromatic carbocycles. The molecule has 0 bridgehead atoms. The van der Waals surface area contributed by atoms with Crippen molar-refractivity contribution in [3.05, 3.63) is 39.4 Å². The summed E-state index contributed by atoms with van der Waals surface area (Å²) in [6.07, 6.45) is 0. The number of likely N-dealkylation sites (N-methyl/N-ethyl adjacent to an activating group) is 1. The molecule has 0 unspecified atom stereocenters. The van der Waals surface area contributed by atoms with E-state index in [2.05, 4.69) is 4.74 Å². The number of hydrogen-bond acceptors (Lipinski definition) is 5. The quantitative estimate of drug-likeness (QED) is 0.467. The number of halogens is 2. The lowest BCUT2D eigenvalue weighted by Gasteiger charge is -2.19. The van der Waals surface area contributed by atoms with Gasteiger partial charge in [-0.15, -0.1) is 0 Å². The number of nitro benzene ring substituents is 1. The largest absolute Gasteiger partial charge is 0.468 e. The molecule has 0 aliphatic carbocycles. The fraction of sp³-hybridized carbons (Fsp3) is 0.333. The maximum atomic E-state index is 13.9. The molecule has 1 amide bonds. The van der Waals surface area contributed by atoms with E-state index in [1.165, 1.54) is 6.92 Å². The molecule has 0 aliphatic rings. The van der Waals surface area contributed by atoms with Gasteiger partial charge in [0.25, 0.3) is 5.91 Å². The van der Waals surface area contributed by atoms with Crippen molar-refractivity contribution in [2.45, 2.75) is 6.92 Å². The van der Waals surface area contributed by atoms with Gasteiger partial charge in [-0.25, -0.2) is 4.39 Å². The summed E-state index contributed by atoms with van der Waals surface area (Å²) in [6.45, 7) is 1.04. The standard InChI is InChI=1S/C12H12F2N2O5/c1-3-15(6-10(17)21-2)12(18)8-4-7(13)5-9(11(8)14)16(19)20/h4-5H,3,6H2,1-2H3. The zero-order chi connectivity index (χ0) is 16.2. The van der Waals surface area contributed by atoms with Crippen LogP contribution in [0.4, 0.5) is 14.5 Å². The highest BCUT2D eigenvalue weighted by Crippen LogP contribution is 2.23. The number of carbonyl (C=O) groups excluding carboxylic acids is 2. The lowest BCUT2D eigenvalue weighted by molar-refractivity contribution is -0.387. The maximum absolute atomic E-state index is 13.9. The van der Waals surface area contributed by atoms with Gasteiger partial charge in [0.2, 0.25) is 5.82 Å². The molecule has 0 saturated heterocycles. The molecule has 0 saturated carbocycles. The van der Waals surface area contributed by atoms with Gasteiger partial charge in [-0.05, 0) is 13.0 Å². The van der Waals surface area contributed by atoms with E-state index in [1.54, 1.807) is 0 Å². The van der Waals surface area contributed by atoms with Crippen LogP contribution >= 0.6 is 0 Å². The molecule has 0 spiro atoms. The first-order chi connectivity index (χ1) is 9.81. The lowest BCUT2D eigenvalue weighted by atomic mass is 10.1. The van der Waals surface area contributed by atoms with Crippen molar-refractivity contribution < 1.29 is 28.0 Å². The highest BCUT2D eigenvalue weighted by Gasteiger charge is 2.27. The molecule has 0 aliphatic heterocycles. The molecule has 21 heavy (non-hydrogen) atoms. The Hall–Kier alpha value is -2.58. The van der Waals surface area contributed by atoms with Crippen LogP contribution in [0.2, 0.25) is 0 Å². The fourth-order valence-electron chi connectivity index (χ4n) is 1.58. The Labute approximate surface area is 118 Å². The normalized spacial score (nSPS) is 10.1. The minimum Gasteiger partial charge on any atom is -0.468 e. The molecule has 0 radical (unpaired) electrons. The van der Waals surface area contributed by atoms with Crippen LogP contribution in [0.15, 0.2) is 12.1 Å². The third kappa shape index (κ3) is 3.71. The van der Waals surface area contributed by atoms with E-state index < -0.39 is 46.2 Å². The van der Waals surface area contributed by atoms with Crippen LogP contribution in [0.1, 0.15) is 17.3 Å². The van der Waals surface area contributed by atoms with Gasteiger partial charge in [-0.3, -0.25) is 19.7 Å². The number of nitrogens with zero attached hydrogens (tertiary/aromatic N) is 2. The number of amides is 1. The fourth-order valence-corrected chi connectivity index (χ4v) is 1.58. The average Bonchev–Trinajstić information content (AvgIpc) is 2.45. The second-order valence-electron chi connectivity index (χ2n) is 3.94. The van der Waals surface area contributed by atoms with Crippen molar-refractivity contribution in [1.82, 2.24) is 4.90 Å². The Morgan fingerprint density at radius 2 is 2.00 bits per heavy atom. The Bertz CT molecular complexity index is 591. The Balaban J connectivity index is 3.22. The summed E-state index contributed by atoms with van der Waals surface area (Å²) in [6, 6.07) is 0.924. The van der Waals surface area contributed by atoms with Crippen LogP contribution in [0.3, 0.4) is 0 Å². The first kappa shape index (κ1) is 16.5. The zero-order valence-electron chi connectivity index (χ0n) is 11.3. The van der Waals surface area contributed by atoms with Crippen LogP contribution in [-0.2, 0) is 9.53 Å². The average molecular weight is 302 g/mol. The van der Waals surface area contributed by atoms with Gasteiger partial charge in [0.05, 0.1) is 23.7 Å². The summed E-state index contributed by atoms with van der Waals surface area (Å²) in [5, 5.41) is 10.6. The number of methoxy groups -OCH3 is 1. The molecule has 0 aromatic heterocycles.